The number of ether oxygens (including phenoxy) is 1. The Morgan fingerprint density at radius 1 is 1.41 bits per heavy atom. The second-order valence-electron chi connectivity index (χ2n) is 4.37. The summed E-state index contributed by atoms with van der Waals surface area (Å²) in [4.78, 5) is 19.4. The van der Waals surface area contributed by atoms with Crippen molar-refractivity contribution in [1.82, 2.24) is 9.97 Å². The first-order chi connectivity index (χ1) is 8.27. The summed E-state index contributed by atoms with van der Waals surface area (Å²) in [7, 11) is 0. The Balaban J connectivity index is 1.86. The van der Waals surface area contributed by atoms with E-state index in [1.54, 1.807) is 0 Å². The fourth-order valence-electron chi connectivity index (χ4n) is 1.90. The van der Waals surface area contributed by atoms with Crippen LogP contribution in [0.4, 0.5) is 0 Å². The van der Waals surface area contributed by atoms with E-state index < -0.39 is 0 Å². The second kappa shape index (κ2) is 5.57. The van der Waals surface area contributed by atoms with Crippen LogP contribution in [0.5, 0.6) is 0 Å². The van der Waals surface area contributed by atoms with E-state index in [9.17, 15) is 4.79 Å². The first-order valence-electron chi connectivity index (χ1n) is 5.85. The Morgan fingerprint density at radius 2 is 2.24 bits per heavy atom. The predicted molar refractivity (Wildman–Crippen MR) is 63.3 cm³/mol. The highest BCUT2D eigenvalue weighted by Gasteiger charge is 2.20. The molecule has 2 unspecified atom stereocenters. The summed E-state index contributed by atoms with van der Waals surface area (Å²) in [6.07, 6.45) is 10.8. The van der Waals surface area contributed by atoms with Gasteiger partial charge >= 0.3 is 5.97 Å². The molecule has 0 aromatic carbocycles. The first kappa shape index (κ1) is 11.8. The Kier molecular flexibility index (Phi) is 3.85. The summed E-state index contributed by atoms with van der Waals surface area (Å²) in [5, 5.41) is 0. The number of carbonyl (C=O) groups excluding carboxylic acids is 1. The largest absolute Gasteiger partial charge is 0.461 e. The van der Waals surface area contributed by atoms with Crippen LogP contribution in [0.25, 0.3) is 0 Å². The maximum Gasteiger partial charge on any atom is 0.358 e. The lowest BCUT2D eigenvalue weighted by atomic mass is 9.85. The Hall–Kier alpha value is -1.71. The fraction of sp³-hybridized carbons (Fsp3) is 0.462. The Morgan fingerprint density at radius 3 is 2.94 bits per heavy atom. The van der Waals surface area contributed by atoms with E-state index in [1.165, 1.54) is 18.6 Å². The number of rotatable bonds is 3. The molecule has 0 N–H and O–H groups in total. The number of hydrogen-bond acceptors (Lipinski definition) is 4. The molecule has 0 spiro atoms. The molecular formula is C13H16N2O2. The van der Waals surface area contributed by atoms with Crippen LogP contribution in [0, 0.1) is 11.8 Å². The SMILES string of the molecule is CC1CC=CCC1COC(=O)c1cnccn1. The molecule has 2 rings (SSSR count). The van der Waals surface area contributed by atoms with Crippen molar-refractivity contribution >= 4 is 5.97 Å². The Bertz CT molecular complexity index is 403. The van der Waals surface area contributed by atoms with Crippen LogP contribution in [0.15, 0.2) is 30.7 Å². The van der Waals surface area contributed by atoms with Crippen LogP contribution < -0.4 is 0 Å². The molecule has 1 aliphatic carbocycles. The summed E-state index contributed by atoms with van der Waals surface area (Å²) in [5.74, 6) is 0.593. The number of allylic oxidation sites excluding steroid dienone is 2. The Labute approximate surface area is 101 Å². The molecule has 1 aromatic heterocycles. The molecule has 1 aliphatic rings. The average molecular weight is 232 g/mol. The zero-order chi connectivity index (χ0) is 12.1. The molecule has 0 radical (unpaired) electrons. The van der Waals surface area contributed by atoms with E-state index >= 15 is 0 Å². The molecule has 0 saturated carbocycles. The van der Waals surface area contributed by atoms with Crippen molar-refractivity contribution in [2.45, 2.75) is 19.8 Å². The quantitative estimate of drug-likeness (QED) is 0.592. The van der Waals surface area contributed by atoms with E-state index in [4.69, 9.17) is 4.74 Å². The van der Waals surface area contributed by atoms with E-state index in [2.05, 4.69) is 29.0 Å². The average Bonchev–Trinajstić information content (AvgIpc) is 2.38. The van der Waals surface area contributed by atoms with Crippen LogP contribution in [-0.4, -0.2) is 22.5 Å². The van der Waals surface area contributed by atoms with Crippen molar-refractivity contribution in [3.63, 3.8) is 0 Å². The van der Waals surface area contributed by atoms with E-state index in [-0.39, 0.29) is 11.7 Å². The number of aromatic nitrogens is 2. The van der Waals surface area contributed by atoms with Gasteiger partial charge in [-0.3, -0.25) is 4.98 Å². The van der Waals surface area contributed by atoms with Crippen LogP contribution in [0.3, 0.4) is 0 Å². The predicted octanol–water partition coefficient (Wildman–Crippen LogP) is 2.24. The minimum atomic E-state index is -0.389. The van der Waals surface area contributed by atoms with Gasteiger partial charge in [-0.1, -0.05) is 19.1 Å². The molecular weight excluding hydrogens is 216 g/mol. The normalized spacial score (nSPS) is 23.4. The van der Waals surface area contributed by atoms with Gasteiger partial charge in [0.25, 0.3) is 0 Å². The van der Waals surface area contributed by atoms with Gasteiger partial charge in [0.1, 0.15) is 0 Å². The molecule has 1 heterocycles. The number of carbonyl (C=O) groups is 1. The van der Waals surface area contributed by atoms with Gasteiger partial charge in [0.2, 0.25) is 0 Å². The molecule has 4 nitrogen and oxygen atoms in total. The molecule has 4 heteroatoms. The molecule has 1 aromatic rings. The molecule has 90 valence electrons. The minimum absolute atomic E-state index is 0.270. The monoisotopic (exact) mass is 232 g/mol. The van der Waals surface area contributed by atoms with E-state index in [0.29, 0.717) is 18.4 Å². The van der Waals surface area contributed by atoms with Crippen molar-refractivity contribution in [3.8, 4) is 0 Å². The third-order valence-corrected chi connectivity index (χ3v) is 3.12. The summed E-state index contributed by atoms with van der Waals surface area (Å²) in [5.41, 5.74) is 0.270. The zero-order valence-corrected chi connectivity index (χ0v) is 9.87. The highest BCUT2D eigenvalue weighted by molar-refractivity contribution is 5.86. The van der Waals surface area contributed by atoms with E-state index in [1.807, 2.05) is 0 Å². The van der Waals surface area contributed by atoms with Gasteiger partial charge in [0.05, 0.1) is 12.8 Å². The molecule has 0 saturated heterocycles. The third kappa shape index (κ3) is 3.12. The van der Waals surface area contributed by atoms with Crippen LogP contribution in [0.1, 0.15) is 30.3 Å². The van der Waals surface area contributed by atoms with Crippen LogP contribution >= 0.6 is 0 Å². The lowest BCUT2D eigenvalue weighted by Gasteiger charge is -2.24. The van der Waals surface area contributed by atoms with E-state index in [0.717, 1.165) is 12.8 Å². The highest BCUT2D eigenvalue weighted by atomic mass is 16.5. The minimum Gasteiger partial charge on any atom is -0.461 e. The lowest BCUT2D eigenvalue weighted by Crippen LogP contribution is -2.22. The summed E-state index contributed by atoms with van der Waals surface area (Å²) in [6.45, 7) is 2.64. The molecule has 0 bridgehead atoms. The summed E-state index contributed by atoms with van der Waals surface area (Å²) >= 11 is 0. The highest BCUT2D eigenvalue weighted by Crippen LogP contribution is 2.25. The molecule has 17 heavy (non-hydrogen) atoms. The standard InChI is InChI=1S/C13H16N2O2/c1-10-4-2-3-5-11(10)9-17-13(16)12-8-14-6-7-15-12/h2-3,6-8,10-11H,4-5,9H2,1H3. The molecule has 0 amide bonds. The lowest BCUT2D eigenvalue weighted by molar-refractivity contribution is 0.0388. The van der Waals surface area contributed by atoms with Crippen molar-refractivity contribution in [2.75, 3.05) is 6.61 Å². The van der Waals surface area contributed by atoms with Crippen molar-refractivity contribution in [1.29, 1.82) is 0 Å². The molecule has 0 fully saturated rings. The zero-order valence-electron chi connectivity index (χ0n) is 9.87. The summed E-state index contributed by atoms with van der Waals surface area (Å²) < 4.78 is 5.26. The van der Waals surface area contributed by atoms with Gasteiger partial charge < -0.3 is 4.74 Å². The third-order valence-electron chi connectivity index (χ3n) is 3.12. The fourth-order valence-corrected chi connectivity index (χ4v) is 1.90. The van der Waals surface area contributed by atoms with Gasteiger partial charge in [0.15, 0.2) is 5.69 Å². The van der Waals surface area contributed by atoms with Gasteiger partial charge in [-0.25, -0.2) is 9.78 Å². The van der Waals surface area contributed by atoms with Gasteiger partial charge in [-0.05, 0) is 24.7 Å². The van der Waals surface area contributed by atoms with Crippen molar-refractivity contribution < 1.29 is 9.53 Å². The number of hydrogen-bond donors (Lipinski definition) is 0. The van der Waals surface area contributed by atoms with Gasteiger partial charge in [0, 0.05) is 12.4 Å². The van der Waals surface area contributed by atoms with Gasteiger partial charge in [-0.2, -0.15) is 0 Å². The van der Waals surface area contributed by atoms with Gasteiger partial charge in [-0.15, -0.1) is 0 Å². The first-order valence-corrected chi connectivity index (χ1v) is 5.85. The number of esters is 1. The second-order valence-corrected chi connectivity index (χ2v) is 4.37. The topological polar surface area (TPSA) is 52.1 Å². The smallest absolute Gasteiger partial charge is 0.358 e. The van der Waals surface area contributed by atoms with Crippen LogP contribution in [0.2, 0.25) is 0 Å². The number of nitrogens with zero attached hydrogens (tertiary/aromatic N) is 2. The van der Waals surface area contributed by atoms with Crippen LogP contribution in [-0.2, 0) is 4.74 Å². The molecule has 2 atom stereocenters. The van der Waals surface area contributed by atoms with Crippen molar-refractivity contribution in [3.05, 3.63) is 36.4 Å². The van der Waals surface area contributed by atoms with Crippen molar-refractivity contribution in [2.24, 2.45) is 11.8 Å². The maximum atomic E-state index is 11.7. The molecule has 0 aliphatic heterocycles. The summed E-state index contributed by atoms with van der Waals surface area (Å²) in [6, 6.07) is 0. The maximum absolute atomic E-state index is 11.7.